The van der Waals surface area contributed by atoms with Crippen molar-refractivity contribution in [3.63, 3.8) is 0 Å². The molecule has 20 atom stereocenters. The zero-order valence-corrected chi connectivity index (χ0v) is 71.4. The van der Waals surface area contributed by atoms with E-state index >= 15 is 13.7 Å². The van der Waals surface area contributed by atoms with Gasteiger partial charge in [-0.2, -0.15) is 15.0 Å². The Hall–Kier alpha value is -5.36. The van der Waals surface area contributed by atoms with Gasteiger partial charge in [0.1, 0.15) is 85.8 Å². The number of rotatable bonds is 36. The second kappa shape index (κ2) is 36.3. The maximum absolute atomic E-state index is 15.4. The van der Waals surface area contributed by atoms with Crippen LogP contribution in [0.2, 0.25) is 0 Å². The molecule has 0 aliphatic carbocycles. The van der Waals surface area contributed by atoms with E-state index in [9.17, 15) is 42.7 Å². The van der Waals surface area contributed by atoms with Gasteiger partial charge in [-0.15, -0.1) is 0 Å². The van der Waals surface area contributed by atoms with Gasteiger partial charge in [-0.05, 0) is 140 Å². The van der Waals surface area contributed by atoms with E-state index < -0.39 is 192 Å². The Kier molecular flexibility index (Phi) is 28.0. The summed E-state index contributed by atoms with van der Waals surface area (Å²) in [7, 11) is 0. The lowest BCUT2D eigenvalue weighted by molar-refractivity contribution is -0.0524. The van der Waals surface area contributed by atoms with Crippen LogP contribution in [0.25, 0.3) is 22.3 Å². The predicted molar refractivity (Wildman–Crippen MR) is 422 cm³/mol. The van der Waals surface area contributed by atoms with Gasteiger partial charge in [0.2, 0.25) is 11.9 Å². The number of anilines is 3. The van der Waals surface area contributed by atoms with Crippen LogP contribution < -0.4 is 56.5 Å². The van der Waals surface area contributed by atoms with Gasteiger partial charge in [0, 0.05) is 55.4 Å². The third-order valence-corrected chi connectivity index (χ3v) is 35.9. The van der Waals surface area contributed by atoms with Crippen LogP contribution >= 0.6 is 90.9 Å². The largest absolute Gasteiger partial charge is 0.389 e. The van der Waals surface area contributed by atoms with Gasteiger partial charge >= 0.3 is 51.1 Å². The van der Waals surface area contributed by atoms with Gasteiger partial charge < -0.3 is 40.9 Å². The highest BCUT2D eigenvalue weighted by Gasteiger charge is 2.51. The number of aromatic amines is 4. The van der Waals surface area contributed by atoms with Crippen LogP contribution in [0.3, 0.4) is 0 Å². The van der Waals surface area contributed by atoms with Crippen molar-refractivity contribution in [2.45, 2.75) is 166 Å². The molecule has 0 amide bonds. The number of ether oxygens (including phenoxy) is 5. The highest BCUT2D eigenvalue weighted by atomic mass is 32.7. The molecule has 12 heterocycles. The molecule has 0 radical (unpaired) electrons. The van der Waals surface area contributed by atoms with Crippen LogP contribution in [0.4, 0.5) is 17.7 Å². The van der Waals surface area contributed by atoms with Crippen molar-refractivity contribution in [3.8, 4) is 0 Å². The molecule has 5 saturated heterocycles. The van der Waals surface area contributed by atoms with Crippen molar-refractivity contribution in [1.29, 1.82) is 0 Å². The Morgan fingerprint density at radius 2 is 0.789 bits per heavy atom. The average molecular weight is 1790 g/mol. The number of nitrogens with two attached hydrogens (primary N) is 3. The normalized spacial score (nSPS) is 28.0. The number of hydrogen-bond acceptors (Lipinski definition) is 40. The van der Waals surface area contributed by atoms with Crippen LogP contribution in [0.15, 0.2) is 70.9 Å². The van der Waals surface area contributed by atoms with Crippen LogP contribution in [0.1, 0.15) is 102 Å². The summed E-state index contributed by atoms with van der Waals surface area (Å²) in [5.41, 5.74) is 12.7. The highest BCUT2D eigenvalue weighted by molar-refractivity contribution is 8.56. The summed E-state index contributed by atoms with van der Waals surface area (Å²) in [5, 5.41) is 0. The summed E-state index contributed by atoms with van der Waals surface area (Å²) < 4.78 is 175. The minimum atomic E-state index is -4.57. The van der Waals surface area contributed by atoms with Crippen LogP contribution in [-0.4, -0.2) is 193 Å². The second-order valence-electron chi connectivity index (χ2n) is 27.1. The van der Waals surface area contributed by atoms with Gasteiger partial charge in [-0.3, -0.25) is 107 Å². The summed E-state index contributed by atoms with van der Waals surface area (Å²) in [6.07, 6.45) is -3.84. The van der Waals surface area contributed by atoms with E-state index in [1.807, 2.05) is 13.8 Å². The monoisotopic (exact) mass is 1790 g/mol. The minimum absolute atomic E-state index is 0.00666. The molecule has 5 aliphatic heterocycles. The Labute approximate surface area is 666 Å². The molecular formula is C60H86N17O27P5S5. The lowest BCUT2D eigenvalue weighted by Gasteiger charge is -2.28. The number of aromatic nitrogens is 14. The number of nitrogen functional groups attached to an aromatic ring is 3. The molecule has 44 nitrogen and oxygen atoms in total. The fraction of sp³-hybridized carbons (Fsp3) is 0.633. The smallest absolute Gasteiger partial charge is 0.383 e. The summed E-state index contributed by atoms with van der Waals surface area (Å²) >= 11 is 3.50. The lowest BCUT2D eigenvalue weighted by atomic mass is 9.89. The Balaban J connectivity index is 0.786. The number of nitrogens with zero attached hydrogens (tertiary/aromatic N) is 10. The van der Waals surface area contributed by atoms with Crippen molar-refractivity contribution < 1.29 is 91.7 Å². The summed E-state index contributed by atoms with van der Waals surface area (Å²) in [4.78, 5) is 121. The van der Waals surface area contributed by atoms with E-state index in [4.69, 9.17) is 86.1 Å². The Bertz CT molecular complexity index is 5380. The van der Waals surface area contributed by atoms with E-state index in [1.165, 1.54) is 96.1 Å². The molecule has 114 heavy (non-hydrogen) atoms. The number of fused-ring (bicyclic) bond motifs is 2. The first kappa shape index (κ1) is 87.9. The first-order chi connectivity index (χ1) is 54.0. The standard InChI is InChI=1S/C60H86N17O27P5S5/c1-28(2)32-14-43(73-13-12-42(61)66-58(73)82)95-37(32)21-90-106(86,111-8)101-33-15-44(74-19-30(5)52(78)71-59(74)83)96-38(33)23-92-109(89,114-11)104-36-18-47(77-27-65-49-51(77)68-57(63)70-55(49)81)99-41(36)25-94-107(87,112-9)102-34-16-45(75-20-31(6)53(79)72-60(75)84)97-39(34)24-93-108(88,113-10)103-35-17-46(76-26-64-48-50(76)67-56(62)69-54(48)80)98-40(35)22-91-105(85,110-7)100-29(3)4/h12-13,19-20,26-29,32-41,43-47H,14-18,21-25H2,1-11H3,(H2,61,66,82)(H,71,78,83)(H,72,79,84)(H3,62,67,69,80)(H3,63,68,70,81)/t32?,33?,34?,35?,36?,37-,38-,39-,40-,41-,43-,44-,45-,46-,47-,105?,106?,107?,108?,109?/m1/s1. The van der Waals surface area contributed by atoms with Gasteiger partial charge in [0.15, 0.2) is 22.3 Å². The molecule has 0 saturated carbocycles. The summed E-state index contributed by atoms with van der Waals surface area (Å²) in [6, 6.07) is 1.46. The summed E-state index contributed by atoms with van der Waals surface area (Å²) in [6.45, 7) is -14.2. The Morgan fingerprint density at radius 1 is 0.456 bits per heavy atom. The topological polar surface area (TPSA) is 574 Å². The average Bonchev–Trinajstić information content (AvgIpc) is 1.63. The predicted octanol–water partition coefficient (Wildman–Crippen LogP) is 7.09. The van der Waals surface area contributed by atoms with E-state index in [2.05, 4.69) is 44.9 Å². The van der Waals surface area contributed by atoms with E-state index in [1.54, 1.807) is 13.8 Å². The van der Waals surface area contributed by atoms with E-state index in [-0.39, 0.29) is 95.3 Å². The first-order valence-corrected chi connectivity index (χ1v) is 52.0. The minimum Gasteiger partial charge on any atom is -0.383 e. The number of imidazole rings is 2. The molecule has 5 fully saturated rings. The zero-order chi connectivity index (χ0) is 82.3. The van der Waals surface area contributed by atoms with Crippen LogP contribution in [-0.2, 0) is 91.7 Å². The highest BCUT2D eigenvalue weighted by Crippen LogP contribution is 2.67. The molecular weight excluding hydrogens is 1710 g/mol. The quantitative estimate of drug-likeness (QED) is 0.0193. The maximum Gasteiger partial charge on any atom is 0.389 e. The van der Waals surface area contributed by atoms with Gasteiger partial charge in [-0.25, -0.2) is 47.2 Å². The summed E-state index contributed by atoms with van der Waals surface area (Å²) in [5.74, 6) is -0.687. The molecule has 7 aromatic heterocycles. The molecule has 0 aromatic carbocycles. The van der Waals surface area contributed by atoms with Crippen molar-refractivity contribution in [2.75, 3.05) is 81.5 Å². The third kappa shape index (κ3) is 20.0. The maximum atomic E-state index is 15.4. The number of hydrogen-bond donors (Lipinski definition) is 7. The van der Waals surface area contributed by atoms with Crippen LogP contribution in [0.5, 0.6) is 0 Å². The molecule has 0 spiro atoms. The van der Waals surface area contributed by atoms with Crippen LogP contribution in [0, 0.1) is 25.7 Å². The molecule has 10 unspecified atom stereocenters. The Morgan fingerprint density at radius 3 is 1.13 bits per heavy atom. The SMILES string of the molecule is CSP(=O)(OC[C@H]1O[C@@H](n2cnc3c(=O)[nH]c(N)nc32)CC1OP(=O)(OC[C@H]1O[C@@H](n2cc(C)c(=O)[nH]c2=O)CC1OP(=O)(OC[C@H]1O[C@@H](n2cnc3c(=O)[nH]c(N)nc32)CC1OP(=O)(OC[C@H]1O[C@@H](n2cc(C)c(=O)[nH]c2=O)CC1OP(=O)(OC[C@H]1O[C@@H](n2ccc(N)nc2=O)CC1C(C)C)SC)SC)SC)SC)OC(C)C. The molecule has 5 aliphatic rings. The number of nitrogens with one attached hydrogen (secondary N) is 4. The van der Waals surface area contributed by atoms with E-state index in [0.717, 1.165) is 31.9 Å². The molecule has 12 rings (SSSR count). The van der Waals surface area contributed by atoms with Gasteiger partial charge in [0.05, 0.1) is 57.9 Å². The molecule has 54 heteroatoms. The van der Waals surface area contributed by atoms with Crippen molar-refractivity contribution >= 4 is 131 Å². The first-order valence-electron chi connectivity index (χ1n) is 35.1. The van der Waals surface area contributed by atoms with E-state index in [0.29, 0.717) is 40.6 Å². The fourth-order valence-corrected chi connectivity index (χ4v) is 24.5. The third-order valence-electron chi connectivity index (χ3n) is 19.0. The molecule has 7 aromatic rings. The molecule has 628 valence electrons. The van der Waals surface area contributed by atoms with Gasteiger partial charge in [0.25, 0.3) is 22.2 Å². The fourth-order valence-electron chi connectivity index (χ4n) is 13.2. The van der Waals surface area contributed by atoms with Crippen molar-refractivity contribution in [1.82, 2.24) is 67.7 Å². The zero-order valence-electron chi connectivity index (χ0n) is 62.9. The molecule has 10 N–H and O–H groups in total. The van der Waals surface area contributed by atoms with Crippen molar-refractivity contribution in [2.24, 2.45) is 11.8 Å². The lowest BCUT2D eigenvalue weighted by Crippen LogP contribution is -2.33. The van der Waals surface area contributed by atoms with Crippen molar-refractivity contribution in [3.05, 3.63) is 121 Å². The second-order valence-corrected chi connectivity index (χ2v) is 48.0. The number of H-pyrrole nitrogens is 4. The van der Waals surface area contributed by atoms with Gasteiger partial charge in [-0.1, -0.05) is 13.8 Å². The molecule has 0 bridgehead atoms. The number of aryl methyl sites for hydroxylation is 2.